The standard InChI is InChI=1S/C17H11BrClNO/c18-14-9-10-16(12-6-2-1-5-11(12)14)20-17(21)13-7-3-4-8-15(13)19/h1-10H,(H,20,21). The number of benzene rings is 3. The lowest BCUT2D eigenvalue weighted by molar-refractivity contribution is 0.102. The SMILES string of the molecule is O=C(Nc1ccc(Br)c2ccccc12)c1ccccc1Cl. The van der Waals surface area contributed by atoms with Gasteiger partial charge in [-0.1, -0.05) is 63.9 Å². The number of nitrogens with one attached hydrogen (secondary N) is 1. The van der Waals surface area contributed by atoms with Crippen LogP contribution >= 0.6 is 27.5 Å². The van der Waals surface area contributed by atoms with Gasteiger partial charge in [-0.2, -0.15) is 0 Å². The molecule has 0 aliphatic heterocycles. The minimum absolute atomic E-state index is 0.215. The highest BCUT2D eigenvalue weighted by molar-refractivity contribution is 9.10. The first-order valence-electron chi connectivity index (χ1n) is 6.40. The molecule has 0 spiro atoms. The molecule has 0 bridgehead atoms. The predicted molar refractivity (Wildman–Crippen MR) is 91.1 cm³/mol. The average Bonchev–Trinajstić information content (AvgIpc) is 2.51. The molecule has 0 atom stereocenters. The lowest BCUT2D eigenvalue weighted by Gasteiger charge is -2.10. The molecule has 0 aliphatic rings. The third-order valence-corrected chi connectivity index (χ3v) is 4.26. The molecule has 21 heavy (non-hydrogen) atoms. The fourth-order valence-corrected chi connectivity index (χ4v) is 2.91. The van der Waals surface area contributed by atoms with E-state index < -0.39 is 0 Å². The van der Waals surface area contributed by atoms with Gasteiger partial charge in [0.25, 0.3) is 5.91 Å². The van der Waals surface area contributed by atoms with Crippen molar-refractivity contribution in [3.05, 3.63) is 75.7 Å². The van der Waals surface area contributed by atoms with Gasteiger partial charge in [0.05, 0.1) is 10.6 Å². The van der Waals surface area contributed by atoms with E-state index >= 15 is 0 Å². The molecule has 0 unspecified atom stereocenters. The Kier molecular flexibility index (Phi) is 3.95. The van der Waals surface area contributed by atoms with Crippen LogP contribution in [-0.2, 0) is 0 Å². The molecule has 1 N–H and O–H groups in total. The smallest absolute Gasteiger partial charge is 0.257 e. The summed E-state index contributed by atoms with van der Waals surface area (Å²) >= 11 is 9.58. The number of fused-ring (bicyclic) bond motifs is 1. The summed E-state index contributed by atoms with van der Waals surface area (Å²) < 4.78 is 0.994. The first-order valence-corrected chi connectivity index (χ1v) is 7.57. The number of anilines is 1. The number of rotatable bonds is 2. The fraction of sp³-hybridized carbons (Fsp3) is 0. The largest absolute Gasteiger partial charge is 0.321 e. The van der Waals surface area contributed by atoms with Crippen LogP contribution in [0, 0.1) is 0 Å². The number of carbonyl (C=O) groups excluding carboxylic acids is 1. The quantitative estimate of drug-likeness (QED) is 0.641. The number of halogens is 2. The molecule has 0 aliphatic carbocycles. The lowest BCUT2D eigenvalue weighted by atomic mass is 10.1. The summed E-state index contributed by atoms with van der Waals surface area (Å²) in [7, 11) is 0. The second-order valence-corrected chi connectivity index (χ2v) is 5.84. The van der Waals surface area contributed by atoms with Crippen molar-refractivity contribution >= 4 is 49.9 Å². The van der Waals surface area contributed by atoms with Crippen LogP contribution < -0.4 is 5.32 Å². The van der Waals surface area contributed by atoms with E-state index in [0.29, 0.717) is 10.6 Å². The zero-order valence-electron chi connectivity index (χ0n) is 10.9. The summed E-state index contributed by atoms with van der Waals surface area (Å²) in [4.78, 5) is 12.4. The van der Waals surface area contributed by atoms with E-state index in [4.69, 9.17) is 11.6 Å². The predicted octanol–water partition coefficient (Wildman–Crippen LogP) is 5.51. The monoisotopic (exact) mass is 359 g/mol. The molecule has 4 heteroatoms. The van der Waals surface area contributed by atoms with Crippen molar-refractivity contribution in [1.29, 1.82) is 0 Å². The molecule has 0 aromatic heterocycles. The van der Waals surface area contributed by atoms with E-state index in [0.717, 1.165) is 20.9 Å². The second-order valence-electron chi connectivity index (χ2n) is 4.57. The van der Waals surface area contributed by atoms with Crippen LogP contribution in [0.4, 0.5) is 5.69 Å². The molecule has 104 valence electrons. The van der Waals surface area contributed by atoms with Gasteiger partial charge >= 0.3 is 0 Å². The van der Waals surface area contributed by atoms with E-state index in [1.165, 1.54) is 0 Å². The van der Waals surface area contributed by atoms with Gasteiger partial charge in [0.15, 0.2) is 0 Å². The summed E-state index contributed by atoms with van der Waals surface area (Å²) in [5.74, 6) is -0.215. The van der Waals surface area contributed by atoms with Gasteiger partial charge in [-0.05, 0) is 29.7 Å². The Labute approximate surface area is 135 Å². The maximum atomic E-state index is 12.4. The van der Waals surface area contributed by atoms with Crippen molar-refractivity contribution in [2.45, 2.75) is 0 Å². The molecule has 1 amide bonds. The van der Waals surface area contributed by atoms with Gasteiger partial charge in [0.2, 0.25) is 0 Å². The molecular formula is C17H11BrClNO. The highest BCUT2D eigenvalue weighted by atomic mass is 79.9. The molecule has 0 saturated carbocycles. The number of carbonyl (C=O) groups is 1. The van der Waals surface area contributed by atoms with Gasteiger partial charge in [-0.3, -0.25) is 4.79 Å². The van der Waals surface area contributed by atoms with Gasteiger partial charge in [0.1, 0.15) is 0 Å². The summed E-state index contributed by atoms with van der Waals surface area (Å²) in [5.41, 5.74) is 1.23. The van der Waals surface area contributed by atoms with Gasteiger partial charge in [0, 0.05) is 15.5 Å². The first kappa shape index (κ1) is 14.1. The van der Waals surface area contributed by atoms with E-state index in [-0.39, 0.29) is 5.91 Å². The van der Waals surface area contributed by atoms with Crippen LogP contribution in [0.2, 0.25) is 5.02 Å². The van der Waals surface area contributed by atoms with E-state index in [9.17, 15) is 4.79 Å². The van der Waals surface area contributed by atoms with Crippen molar-refractivity contribution in [1.82, 2.24) is 0 Å². The van der Waals surface area contributed by atoms with Crippen LogP contribution in [0.25, 0.3) is 10.8 Å². The average molecular weight is 361 g/mol. The Morgan fingerprint density at radius 3 is 2.33 bits per heavy atom. The summed E-state index contributed by atoms with van der Waals surface area (Å²) in [6.07, 6.45) is 0. The van der Waals surface area contributed by atoms with E-state index in [1.54, 1.807) is 24.3 Å². The number of hydrogen-bond donors (Lipinski definition) is 1. The highest BCUT2D eigenvalue weighted by Gasteiger charge is 2.12. The van der Waals surface area contributed by atoms with Crippen molar-refractivity contribution in [3.63, 3.8) is 0 Å². The Bertz CT molecular complexity index is 832. The summed E-state index contributed by atoms with van der Waals surface area (Å²) in [6, 6.07) is 18.7. The minimum atomic E-state index is -0.215. The molecule has 3 aromatic rings. The van der Waals surface area contributed by atoms with Crippen molar-refractivity contribution in [2.75, 3.05) is 5.32 Å². The summed E-state index contributed by atoms with van der Waals surface area (Å²) in [5, 5.41) is 5.40. The number of amides is 1. The molecule has 0 heterocycles. The van der Waals surface area contributed by atoms with Crippen molar-refractivity contribution in [2.24, 2.45) is 0 Å². The zero-order chi connectivity index (χ0) is 14.8. The Morgan fingerprint density at radius 2 is 1.57 bits per heavy atom. The maximum absolute atomic E-state index is 12.4. The molecule has 3 rings (SSSR count). The highest BCUT2D eigenvalue weighted by Crippen LogP contribution is 2.30. The topological polar surface area (TPSA) is 29.1 Å². The normalized spacial score (nSPS) is 10.6. The molecule has 0 radical (unpaired) electrons. The summed E-state index contributed by atoms with van der Waals surface area (Å²) in [6.45, 7) is 0. The van der Waals surface area contributed by atoms with Crippen molar-refractivity contribution in [3.8, 4) is 0 Å². The third kappa shape index (κ3) is 2.80. The van der Waals surface area contributed by atoms with Crippen LogP contribution in [0.3, 0.4) is 0 Å². The Hall–Kier alpha value is -1.84. The van der Waals surface area contributed by atoms with Crippen LogP contribution in [0.5, 0.6) is 0 Å². The van der Waals surface area contributed by atoms with Crippen molar-refractivity contribution < 1.29 is 4.79 Å². The molecule has 0 fully saturated rings. The second kappa shape index (κ2) is 5.88. The Morgan fingerprint density at radius 1 is 0.905 bits per heavy atom. The minimum Gasteiger partial charge on any atom is -0.321 e. The molecular weight excluding hydrogens is 350 g/mol. The van der Waals surface area contributed by atoms with Gasteiger partial charge in [-0.15, -0.1) is 0 Å². The van der Waals surface area contributed by atoms with Crippen LogP contribution in [0.15, 0.2) is 65.1 Å². The first-order chi connectivity index (χ1) is 10.2. The third-order valence-electron chi connectivity index (χ3n) is 3.24. The fourth-order valence-electron chi connectivity index (χ4n) is 2.21. The van der Waals surface area contributed by atoms with Crippen LogP contribution in [0.1, 0.15) is 10.4 Å². The number of hydrogen-bond acceptors (Lipinski definition) is 1. The molecule has 0 saturated heterocycles. The molecule has 3 aromatic carbocycles. The van der Waals surface area contributed by atoms with Gasteiger partial charge in [-0.25, -0.2) is 0 Å². The zero-order valence-corrected chi connectivity index (χ0v) is 13.3. The Balaban J connectivity index is 2.01. The van der Waals surface area contributed by atoms with E-state index in [1.807, 2.05) is 36.4 Å². The van der Waals surface area contributed by atoms with Gasteiger partial charge < -0.3 is 5.32 Å². The maximum Gasteiger partial charge on any atom is 0.257 e. The van der Waals surface area contributed by atoms with E-state index in [2.05, 4.69) is 21.2 Å². The molecule has 2 nitrogen and oxygen atoms in total. The van der Waals surface area contributed by atoms with Crippen LogP contribution in [-0.4, -0.2) is 5.91 Å². The lowest BCUT2D eigenvalue weighted by Crippen LogP contribution is -2.12.